The van der Waals surface area contributed by atoms with Crippen molar-refractivity contribution in [3.05, 3.63) is 29.8 Å². The fourth-order valence-electron chi connectivity index (χ4n) is 2.89. The van der Waals surface area contributed by atoms with E-state index in [4.69, 9.17) is 4.74 Å². The summed E-state index contributed by atoms with van der Waals surface area (Å²) in [5, 5.41) is 3.48. The van der Waals surface area contributed by atoms with Gasteiger partial charge in [-0.25, -0.2) is 8.42 Å². The van der Waals surface area contributed by atoms with Crippen LogP contribution < -0.4 is 10.1 Å². The number of ether oxygens (including phenoxy) is 1. The average Bonchev–Trinajstić information content (AvgIpc) is 2.64. The van der Waals surface area contributed by atoms with Crippen molar-refractivity contribution >= 4 is 9.84 Å². The highest BCUT2D eigenvalue weighted by molar-refractivity contribution is 7.91. The predicted octanol–water partition coefficient (Wildman–Crippen LogP) is 1.79. The first-order valence-corrected chi connectivity index (χ1v) is 8.75. The van der Waals surface area contributed by atoms with E-state index in [1.54, 1.807) is 7.11 Å². The number of rotatable bonds is 5. The van der Waals surface area contributed by atoms with Crippen LogP contribution in [0.15, 0.2) is 24.3 Å². The molecule has 1 N–H and O–H groups in total. The highest BCUT2D eigenvalue weighted by Gasteiger charge is 2.38. The van der Waals surface area contributed by atoms with E-state index in [9.17, 15) is 8.42 Å². The zero-order valence-corrected chi connectivity index (χ0v) is 13.2. The lowest BCUT2D eigenvalue weighted by molar-refractivity contribution is 0.349. The molecule has 0 aromatic heterocycles. The first-order valence-electron chi connectivity index (χ1n) is 6.93. The van der Waals surface area contributed by atoms with Crippen molar-refractivity contribution in [3.8, 4) is 5.75 Å². The molecule has 0 spiro atoms. The molecule has 0 amide bonds. The molecule has 20 heavy (non-hydrogen) atoms. The van der Waals surface area contributed by atoms with Gasteiger partial charge in [0.1, 0.15) is 5.75 Å². The van der Waals surface area contributed by atoms with Crippen LogP contribution in [0.2, 0.25) is 0 Å². The van der Waals surface area contributed by atoms with E-state index in [1.165, 1.54) is 5.56 Å². The van der Waals surface area contributed by atoms with Gasteiger partial charge in [-0.05, 0) is 44.4 Å². The molecule has 5 heteroatoms. The summed E-state index contributed by atoms with van der Waals surface area (Å²) >= 11 is 0. The number of hydrogen-bond acceptors (Lipinski definition) is 4. The largest absolute Gasteiger partial charge is 0.497 e. The molecule has 1 heterocycles. The minimum atomic E-state index is -2.86. The van der Waals surface area contributed by atoms with Crippen molar-refractivity contribution in [2.75, 3.05) is 18.6 Å². The summed E-state index contributed by atoms with van der Waals surface area (Å²) in [6.45, 7) is 4.10. The molecule has 0 aliphatic carbocycles. The van der Waals surface area contributed by atoms with Gasteiger partial charge in [0.2, 0.25) is 0 Å². The Labute approximate surface area is 121 Å². The first kappa shape index (κ1) is 15.3. The van der Waals surface area contributed by atoms with Crippen molar-refractivity contribution in [3.63, 3.8) is 0 Å². The lowest BCUT2D eigenvalue weighted by atomic mass is 9.98. The lowest BCUT2D eigenvalue weighted by Gasteiger charge is -2.28. The van der Waals surface area contributed by atoms with Gasteiger partial charge in [0.15, 0.2) is 9.84 Å². The Balaban J connectivity index is 1.93. The summed E-state index contributed by atoms with van der Waals surface area (Å²) in [4.78, 5) is 0. The van der Waals surface area contributed by atoms with Crippen molar-refractivity contribution < 1.29 is 13.2 Å². The molecule has 2 rings (SSSR count). The van der Waals surface area contributed by atoms with Gasteiger partial charge < -0.3 is 10.1 Å². The molecular formula is C15H23NO3S. The third-order valence-corrected chi connectivity index (χ3v) is 5.70. The number of sulfone groups is 1. The van der Waals surface area contributed by atoms with Crippen LogP contribution in [-0.4, -0.2) is 38.6 Å². The molecule has 1 aromatic carbocycles. The van der Waals surface area contributed by atoms with Gasteiger partial charge in [0.05, 0.1) is 18.6 Å². The quantitative estimate of drug-likeness (QED) is 0.900. The summed E-state index contributed by atoms with van der Waals surface area (Å²) in [5.41, 5.74) is 0.931. The Hall–Kier alpha value is -1.07. The molecule has 112 valence electrons. The van der Waals surface area contributed by atoms with Crippen molar-refractivity contribution in [2.24, 2.45) is 0 Å². The fourth-order valence-corrected chi connectivity index (χ4v) is 4.99. The summed E-state index contributed by atoms with van der Waals surface area (Å²) in [6.07, 6.45) is 1.57. The maximum Gasteiger partial charge on any atom is 0.152 e. The number of benzene rings is 1. The third kappa shape index (κ3) is 3.96. The number of nitrogens with one attached hydrogen (secondary N) is 1. The van der Waals surface area contributed by atoms with Crippen LogP contribution in [0.3, 0.4) is 0 Å². The van der Waals surface area contributed by atoms with Gasteiger partial charge in [0, 0.05) is 11.6 Å². The molecule has 2 unspecified atom stereocenters. The molecule has 2 atom stereocenters. The Morgan fingerprint density at radius 3 is 2.50 bits per heavy atom. The van der Waals surface area contributed by atoms with E-state index in [0.29, 0.717) is 12.2 Å². The monoisotopic (exact) mass is 297 g/mol. The SMILES string of the molecule is COc1ccc(CC(C)NC2(C)CCS(=O)(=O)C2)cc1. The van der Waals surface area contributed by atoms with Gasteiger partial charge in [0.25, 0.3) is 0 Å². The second-order valence-electron chi connectivity index (χ2n) is 6.00. The zero-order valence-electron chi connectivity index (χ0n) is 12.3. The van der Waals surface area contributed by atoms with Crippen LogP contribution in [0.5, 0.6) is 5.75 Å². The van der Waals surface area contributed by atoms with E-state index in [1.807, 2.05) is 31.2 Å². The van der Waals surface area contributed by atoms with E-state index in [2.05, 4.69) is 12.2 Å². The zero-order chi connectivity index (χ0) is 14.8. The van der Waals surface area contributed by atoms with Crippen LogP contribution in [0.25, 0.3) is 0 Å². The molecule has 1 aliphatic rings. The van der Waals surface area contributed by atoms with Gasteiger partial charge >= 0.3 is 0 Å². The normalized spacial score (nSPS) is 26.4. The number of hydrogen-bond donors (Lipinski definition) is 1. The average molecular weight is 297 g/mol. The van der Waals surface area contributed by atoms with Gasteiger partial charge in [-0.2, -0.15) is 0 Å². The van der Waals surface area contributed by atoms with Crippen LogP contribution in [0.1, 0.15) is 25.8 Å². The molecule has 4 nitrogen and oxygen atoms in total. The smallest absolute Gasteiger partial charge is 0.152 e. The molecular weight excluding hydrogens is 274 g/mol. The van der Waals surface area contributed by atoms with Gasteiger partial charge in [-0.3, -0.25) is 0 Å². The Morgan fingerprint density at radius 2 is 2.00 bits per heavy atom. The standard InChI is InChI=1S/C15H23NO3S/c1-12(10-13-4-6-14(19-3)7-5-13)16-15(2)8-9-20(17,18)11-15/h4-7,12,16H,8-11H2,1-3H3. The highest BCUT2D eigenvalue weighted by atomic mass is 32.2. The van der Waals surface area contributed by atoms with Crippen molar-refractivity contribution in [1.82, 2.24) is 5.32 Å². The van der Waals surface area contributed by atoms with Gasteiger partial charge in [-0.1, -0.05) is 12.1 Å². The molecule has 0 radical (unpaired) electrons. The Bertz CT molecular complexity index is 553. The van der Waals surface area contributed by atoms with E-state index >= 15 is 0 Å². The molecule has 0 bridgehead atoms. The molecule has 0 saturated carbocycles. The van der Waals surface area contributed by atoms with E-state index in [-0.39, 0.29) is 17.3 Å². The summed E-state index contributed by atoms with van der Waals surface area (Å²) in [6, 6.07) is 8.23. The van der Waals surface area contributed by atoms with Gasteiger partial charge in [-0.15, -0.1) is 0 Å². The predicted molar refractivity (Wildman–Crippen MR) is 81.0 cm³/mol. The number of methoxy groups -OCH3 is 1. The van der Waals surface area contributed by atoms with Crippen molar-refractivity contribution in [1.29, 1.82) is 0 Å². The minimum Gasteiger partial charge on any atom is -0.497 e. The molecule has 1 fully saturated rings. The topological polar surface area (TPSA) is 55.4 Å². The second kappa shape index (κ2) is 5.74. The van der Waals surface area contributed by atoms with Crippen LogP contribution in [0, 0.1) is 0 Å². The van der Waals surface area contributed by atoms with Crippen molar-refractivity contribution in [2.45, 2.75) is 38.3 Å². The molecule has 1 aliphatic heterocycles. The first-order chi connectivity index (χ1) is 9.32. The van der Waals surface area contributed by atoms with E-state index in [0.717, 1.165) is 12.2 Å². The summed E-state index contributed by atoms with van der Waals surface area (Å²) < 4.78 is 28.3. The van der Waals surface area contributed by atoms with Crippen LogP contribution in [0.4, 0.5) is 0 Å². The fraction of sp³-hybridized carbons (Fsp3) is 0.600. The maximum absolute atomic E-state index is 11.6. The lowest BCUT2D eigenvalue weighted by Crippen LogP contribution is -2.48. The van der Waals surface area contributed by atoms with Crippen LogP contribution >= 0.6 is 0 Å². The minimum absolute atomic E-state index is 0.238. The van der Waals surface area contributed by atoms with E-state index < -0.39 is 9.84 Å². The second-order valence-corrected chi connectivity index (χ2v) is 8.18. The molecule has 1 saturated heterocycles. The maximum atomic E-state index is 11.6. The third-order valence-electron chi connectivity index (χ3n) is 3.80. The van der Waals surface area contributed by atoms with Crippen LogP contribution in [-0.2, 0) is 16.3 Å². The molecule has 1 aromatic rings. The Kier molecular flexibility index (Phi) is 4.39. The summed E-state index contributed by atoms with van der Waals surface area (Å²) in [5.74, 6) is 1.39. The summed E-state index contributed by atoms with van der Waals surface area (Å²) in [7, 11) is -1.21. The highest BCUT2D eigenvalue weighted by Crippen LogP contribution is 2.24. The Morgan fingerprint density at radius 1 is 1.35 bits per heavy atom.